The number of rotatable bonds is 4. The molecule has 3 N–H and O–H groups in total. The highest BCUT2D eigenvalue weighted by molar-refractivity contribution is 6.33. The molecule has 0 aliphatic heterocycles. The number of carbonyl (C=O) groups excluding carboxylic acids is 2. The van der Waals surface area contributed by atoms with Crippen molar-refractivity contribution < 1.29 is 19.5 Å². The van der Waals surface area contributed by atoms with Gasteiger partial charge in [0.25, 0.3) is 0 Å². The van der Waals surface area contributed by atoms with Crippen molar-refractivity contribution in [2.75, 3.05) is 10.6 Å². The molecule has 7 heteroatoms. The summed E-state index contributed by atoms with van der Waals surface area (Å²) >= 11 is 6.01. The molecule has 6 nitrogen and oxygen atoms in total. The van der Waals surface area contributed by atoms with E-state index in [1.165, 1.54) is 6.92 Å². The van der Waals surface area contributed by atoms with E-state index in [4.69, 9.17) is 11.6 Å². The summed E-state index contributed by atoms with van der Waals surface area (Å²) < 4.78 is 0. The molecule has 1 aromatic rings. The Bertz CT molecular complexity index is 746. The molecule has 0 radical (unpaired) electrons. The predicted octanol–water partition coefficient (Wildman–Crippen LogP) is 2.76. The van der Waals surface area contributed by atoms with Crippen molar-refractivity contribution in [3.63, 3.8) is 0 Å². The van der Waals surface area contributed by atoms with Crippen LogP contribution in [0.25, 0.3) is 0 Å². The van der Waals surface area contributed by atoms with E-state index in [0.29, 0.717) is 22.8 Å². The SMILES string of the molecule is CC(=O)Nc1cc(NC(=O)[C@@H]2[C@@H](C(=O)O)[C@@H]3C=C[C@H]2C3)ccc1Cl. The third kappa shape index (κ3) is 3.01. The van der Waals surface area contributed by atoms with Gasteiger partial charge in [-0.05, 0) is 36.5 Å². The van der Waals surface area contributed by atoms with Crippen LogP contribution >= 0.6 is 11.6 Å². The van der Waals surface area contributed by atoms with Gasteiger partial charge in [0.1, 0.15) is 0 Å². The normalized spacial score (nSPS) is 27.1. The van der Waals surface area contributed by atoms with Gasteiger partial charge in [-0.3, -0.25) is 14.4 Å². The Labute approximate surface area is 143 Å². The fourth-order valence-electron chi connectivity index (χ4n) is 3.63. The number of nitrogens with one attached hydrogen (secondary N) is 2. The first-order chi connectivity index (χ1) is 11.4. The van der Waals surface area contributed by atoms with Crippen molar-refractivity contribution in [3.05, 3.63) is 35.4 Å². The minimum atomic E-state index is -0.943. The molecule has 2 aliphatic rings. The largest absolute Gasteiger partial charge is 0.481 e. The summed E-state index contributed by atoms with van der Waals surface area (Å²) in [5.74, 6) is -2.94. The van der Waals surface area contributed by atoms with Gasteiger partial charge in [0.2, 0.25) is 11.8 Å². The molecular weight excluding hydrogens is 332 g/mol. The van der Waals surface area contributed by atoms with E-state index in [2.05, 4.69) is 10.6 Å². The van der Waals surface area contributed by atoms with Gasteiger partial charge in [0, 0.05) is 12.6 Å². The Morgan fingerprint density at radius 3 is 2.42 bits per heavy atom. The second-order valence-electron chi connectivity index (χ2n) is 6.20. The highest BCUT2D eigenvalue weighted by atomic mass is 35.5. The first kappa shape index (κ1) is 16.5. The van der Waals surface area contributed by atoms with Crippen molar-refractivity contribution >= 4 is 40.8 Å². The maximum atomic E-state index is 12.6. The minimum Gasteiger partial charge on any atom is -0.481 e. The van der Waals surface area contributed by atoms with E-state index < -0.39 is 17.8 Å². The van der Waals surface area contributed by atoms with Crippen molar-refractivity contribution in [2.24, 2.45) is 23.7 Å². The second kappa shape index (κ2) is 6.28. The Morgan fingerprint density at radius 2 is 1.79 bits per heavy atom. The molecule has 2 bridgehead atoms. The Kier molecular flexibility index (Phi) is 4.32. The maximum absolute atomic E-state index is 12.6. The Morgan fingerprint density at radius 1 is 1.12 bits per heavy atom. The van der Waals surface area contributed by atoms with E-state index in [1.807, 2.05) is 12.2 Å². The van der Waals surface area contributed by atoms with Crippen LogP contribution in [0.15, 0.2) is 30.4 Å². The van der Waals surface area contributed by atoms with Crippen LogP contribution in [-0.2, 0) is 14.4 Å². The number of aliphatic carboxylic acids is 1. The number of fused-ring (bicyclic) bond motifs is 2. The quantitative estimate of drug-likeness (QED) is 0.729. The average Bonchev–Trinajstić information content (AvgIpc) is 3.10. The molecule has 1 aromatic carbocycles. The number of benzene rings is 1. The van der Waals surface area contributed by atoms with E-state index in [1.54, 1.807) is 18.2 Å². The van der Waals surface area contributed by atoms with Crippen LogP contribution in [0.1, 0.15) is 13.3 Å². The predicted molar refractivity (Wildman–Crippen MR) is 89.7 cm³/mol. The Hall–Kier alpha value is -2.34. The molecule has 2 amide bonds. The van der Waals surface area contributed by atoms with Gasteiger partial charge in [-0.1, -0.05) is 23.8 Å². The van der Waals surface area contributed by atoms with Crippen LogP contribution < -0.4 is 10.6 Å². The van der Waals surface area contributed by atoms with Crippen LogP contribution in [0.5, 0.6) is 0 Å². The van der Waals surface area contributed by atoms with Gasteiger partial charge in [0.05, 0.1) is 22.5 Å². The molecule has 0 aromatic heterocycles. The van der Waals surface area contributed by atoms with E-state index in [-0.39, 0.29) is 23.7 Å². The van der Waals surface area contributed by atoms with Crippen molar-refractivity contribution in [1.82, 2.24) is 0 Å². The molecule has 0 spiro atoms. The van der Waals surface area contributed by atoms with Gasteiger partial charge in [0.15, 0.2) is 0 Å². The monoisotopic (exact) mass is 348 g/mol. The number of hydrogen-bond acceptors (Lipinski definition) is 3. The third-order valence-electron chi connectivity index (χ3n) is 4.59. The molecule has 1 saturated carbocycles. The zero-order chi connectivity index (χ0) is 17.4. The van der Waals surface area contributed by atoms with Crippen LogP contribution in [0, 0.1) is 23.7 Å². The molecule has 2 aliphatic carbocycles. The molecule has 0 unspecified atom stereocenters. The summed E-state index contributed by atoms with van der Waals surface area (Å²) in [7, 11) is 0. The number of carbonyl (C=O) groups is 3. The smallest absolute Gasteiger partial charge is 0.307 e. The van der Waals surface area contributed by atoms with Gasteiger partial charge < -0.3 is 15.7 Å². The Balaban J connectivity index is 1.79. The molecule has 0 heterocycles. The molecular formula is C17H17ClN2O4. The fraction of sp³-hybridized carbons (Fsp3) is 0.353. The summed E-state index contributed by atoms with van der Waals surface area (Å²) in [6, 6.07) is 4.74. The zero-order valence-electron chi connectivity index (χ0n) is 13.0. The summed E-state index contributed by atoms with van der Waals surface area (Å²) in [6.07, 6.45) is 4.52. The number of hydrogen-bond donors (Lipinski definition) is 3. The van der Waals surface area contributed by atoms with E-state index >= 15 is 0 Å². The maximum Gasteiger partial charge on any atom is 0.307 e. The van der Waals surface area contributed by atoms with Crippen LogP contribution in [0.3, 0.4) is 0 Å². The lowest BCUT2D eigenvalue weighted by Crippen LogP contribution is -2.36. The van der Waals surface area contributed by atoms with Crippen molar-refractivity contribution in [3.8, 4) is 0 Å². The molecule has 4 atom stereocenters. The van der Waals surface area contributed by atoms with Gasteiger partial charge >= 0.3 is 5.97 Å². The molecule has 3 rings (SSSR count). The summed E-state index contributed by atoms with van der Waals surface area (Å²) in [4.78, 5) is 35.3. The lowest BCUT2D eigenvalue weighted by molar-refractivity contribution is -0.146. The van der Waals surface area contributed by atoms with Crippen molar-refractivity contribution in [2.45, 2.75) is 13.3 Å². The van der Waals surface area contributed by atoms with Crippen LogP contribution in [0.4, 0.5) is 11.4 Å². The lowest BCUT2D eigenvalue weighted by atomic mass is 9.82. The molecule has 24 heavy (non-hydrogen) atoms. The standard InChI is InChI=1S/C17H17ClN2O4/c1-8(21)19-13-7-11(4-5-12(13)18)20-16(22)14-9-2-3-10(6-9)15(14)17(23)24/h2-5,7,9-10,14-15H,6H2,1H3,(H,19,21)(H,20,22)(H,23,24)/t9-,10+,14-,15-/m0/s1. The van der Waals surface area contributed by atoms with E-state index in [0.717, 1.165) is 0 Å². The van der Waals surface area contributed by atoms with Gasteiger partial charge in [-0.15, -0.1) is 0 Å². The summed E-state index contributed by atoms with van der Waals surface area (Å²) in [6.45, 7) is 1.36. The molecule has 126 valence electrons. The van der Waals surface area contributed by atoms with Crippen molar-refractivity contribution in [1.29, 1.82) is 0 Å². The number of amides is 2. The first-order valence-corrected chi connectivity index (χ1v) is 8.03. The van der Waals surface area contributed by atoms with E-state index in [9.17, 15) is 19.5 Å². The number of carboxylic acids is 1. The number of allylic oxidation sites excluding steroid dienone is 2. The summed E-state index contributed by atoms with van der Waals surface area (Å²) in [5.41, 5.74) is 0.855. The van der Waals surface area contributed by atoms with Crippen LogP contribution in [0.2, 0.25) is 5.02 Å². The first-order valence-electron chi connectivity index (χ1n) is 7.66. The number of carboxylic acid groups (broad SMARTS) is 1. The topological polar surface area (TPSA) is 95.5 Å². The highest BCUT2D eigenvalue weighted by Crippen LogP contribution is 2.48. The minimum absolute atomic E-state index is 0.0433. The highest BCUT2D eigenvalue weighted by Gasteiger charge is 2.51. The summed E-state index contributed by atoms with van der Waals surface area (Å²) in [5, 5.41) is 15.1. The zero-order valence-corrected chi connectivity index (χ0v) is 13.7. The number of halogens is 1. The molecule has 0 saturated heterocycles. The van der Waals surface area contributed by atoms with Gasteiger partial charge in [-0.25, -0.2) is 0 Å². The molecule has 1 fully saturated rings. The average molecular weight is 349 g/mol. The number of anilines is 2. The van der Waals surface area contributed by atoms with Crippen LogP contribution in [-0.4, -0.2) is 22.9 Å². The van der Waals surface area contributed by atoms with Gasteiger partial charge in [-0.2, -0.15) is 0 Å². The fourth-order valence-corrected chi connectivity index (χ4v) is 3.80. The second-order valence-corrected chi connectivity index (χ2v) is 6.61. The third-order valence-corrected chi connectivity index (χ3v) is 4.92. The lowest BCUT2D eigenvalue weighted by Gasteiger charge is -2.24.